The van der Waals surface area contributed by atoms with Crippen LogP contribution < -0.4 is 11.1 Å². The molecule has 3 N–H and O–H groups in total. The monoisotopic (exact) mass is 417 g/mol. The van der Waals surface area contributed by atoms with Crippen LogP contribution in [0.4, 0.5) is 5.69 Å². The molecule has 0 aromatic heterocycles. The van der Waals surface area contributed by atoms with Gasteiger partial charge in [0.1, 0.15) is 0 Å². The Bertz CT molecular complexity index is 545. The Labute approximate surface area is 175 Å². The number of carbonyl (C=O) groups excluding carboxylic acids is 1. The number of hydrogen-bond acceptors (Lipinski definition) is 4. The zero-order chi connectivity index (χ0) is 17.5. The summed E-state index contributed by atoms with van der Waals surface area (Å²) in [5.74, 6) is 0.130. The Balaban J connectivity index is 0.00000182. The van der Waals surface area contributed by atoms with Crippen molar-refractivity contribution < 1.29 is 9.53 Å². The highest BCUT2D eigenvalue weighted by atomic mass is 35.5. The van der Waals surface area contributed by atoms with E-state index < -0.39 is 6.04 Å². The molecule has 154 valence electrons. The average molecular weight is 418 g/mol. The zero-order valence-electron chi connectivity index (χ0n) is 15.9. The van der Waals surface area contributed by atoms with Crippen LogP contribution in [0.25, 0.3) is 0 Å². The molecule has 27 heavy (non-hydrogen) atoms. The van der Waals surface area contributed by atoms with Crippen molar-refractivity contribution in [3.63, 3.8) is 0 Å². The number of nitrogens with one attached hydrogen (secondary N) is 1. The van der Waals surface area contributed by atoms with Crippen molar-refractivity contribution in [1.82, 2.24) is 4.90 Å². The summed E-state index contributed by atoms with van der Waals surface area (Å²) in [6.07, 6.45) is 6.83. The van der Waals surface area contributed by atoms with Gasteiger partial charge in [-0.2, -0.15) is 0 Å². The molecule has 3 rings (SSSR count). The SMILES string of the molecule is Cl.Cl.NC(C(=O)Nc1ccc(CCN2CCCCC2)cc1)C1CCOCC1. The van der Waals surface area contributed by atoms with Crippen LogP contribution in [0.1, 0.15) is 37.7 Å². The third-order valence-corrected chi connectivity index (χ3v) is 5.46. The molecule has 1 aromatic rings. The summed E-state index contributed by atoms with van der Waals surface area (Å²) in [5.41, 5.74) is 8.27. The van der Waals surface area contributed by atoms with Gasteiger partial charge in [0.2, 0.25) is 5.91 Å². The topological polar surface area (TPSA) is 67.6 Å². The number of anilines is 1. The molecule has 0 aliphatic carbocycles. The van der Waals surface area contributed by atoms with Gasteiger partial charge < -0.3 is 20.7 Å². The van der Waals surface area contributed by atoms with E-state index in [0.29, 0.717) is 13.2 Å². The van der Waals surface area contributed by atoms with Gasteiger partial charge in [0.15, 0.2) is 0 Å². The van der Waals surface area contributed by atoms with Gasteiger partial charge in [0.25, 0.3) is 0 Å². The Kier molecular flexibility index (Phi) is 11.3. The third kappa shape index (κ3) is 7.59. The summed E-state index contributed by atoms with van der Waals surface area (Å²) in [4.78, 5) is 14.9. The number of rotatable bonds is 6. The molecule has 1 unspecified atom stereocenters. The largest absolute Gasteiger partial charge is 0.381 e. The summed E-state index contributed by atoms with van der Waals surface area (Å²) < 4.78 is 5.34. The smallest absolute Gasteiger partial charge is 0.241 e. The van der Waals surface area contributed by atoms with Crippen LogP contribution in [-0.2, 0) is 16.0 Å². The number of ether oxygens (including phenoxy) is 1. The lowest BCUT2D eigenvalue weighted by Crippen LogP contribution is -2.44. The molecule has 2 aliphatic rings. The van der Waals surface area contributed by atoms with Crippen molar-refractivity contribution in [3.8, 4) is 0 Å². The van der Waals surface area contributed by atoms with Gasteiger partial charge in [-0.25, -0.2) is 0 Å². The van der Waals surface area contributed by atoms with Gasteiger partial charge in [-0.3, -0.25) is 4.79 Å². The number of benzene rings is 1. The lowest BCUT2D eigenvalue weighted by atomic mass is 9.92. The number of likely N-dealkylation sites (tertiary alicyclic amines) is 1. The molecule has 2 saturated heterocycles. The maximum absolute atomic E-state index is 12.3. The molecule has 0 spiro atoms. The van der Waals surface area contributed by atoms with Crippen molar-refractivity contribution in [2.45, 2.75) is 44.6 Å². The van der Waals surface area contributed by atoms with Crippen LogP contribution in [-0.4, -0.2) is 49.7 Å². The third-order valence-electron chi connectivity index (χ3n) is 5.46. The van der Waals surface area contributed by atoms with Gasteiger partial charge in [-0.15, -0.1) is 24.8 Å². The van der Waals surface area contributed by atoms with E-state index in [1.807, 2.05) is 12.1 Å². The van der Waals surface area contributed by atoms with Crippen molar-refractivity contribution in [2.75, 3.05) is 38.2 Å². The number of halogens is 2. The average Bonchev–Trinajstić information content (AvgIpc) is 2.68. The van der Waals surface area contributed by atoms with Crippen LogP contribution in [0.3, 0.4) is 0 Å². The molecule has 2 fully saturated rings. The molecule has 1 aromatic carbocycles. The van der Waals surface area contributed by atoms with Crippen molar-refractivity contribution in [2.24, 2.45) is 11.7 Å². The van der Waals surface area contributed by atoms with Crippen molar-refractivity contribution in [1.29, 1.82) is 0 Å². The quantitative estimate of drug-likeness (QED) is 0.744. The number of carbonyl (C=O) groups is 1. The first kappa shape index (κ1) is 24.2. The summed E-state index contributed by atoms with van der Waals surface area (Å²) in [5, 5.41) is 2.96. The molecule has 2 aliphatic heterocycles. The van der Waals surface area contributed by atoms with E-state index in [0.717, 1.165) is 31.5 Å². The molecule has 0 radical (unpaired) electrons. The van der Waals surface area contributed by atoms with Gasteiger partial charge >= 0.3 is 0 Å². The second-order valence-corrected chi connectivity index (χ2v) is 7.31. The Morgan fingerprint density at radius 2 is 1.74 bits per heavy atom. The number of piperidine rings is 1. The number of nitrogens with zero attached hydrogens (tertiary/aromatic N) is 1. The second kappa shape index (κ2) is 12.6. The maximum atomic E-state index is 12.3. The standard InChI is InChI=1S/C20H31N3O2.2ClH/c21-19(17-9-14-25-15-10-17)20(24)22-18-6-4-16(5-7-18)8-13-23-11-2-1-3-12-23;;/h4-7,17,19H,1-3,8-15,21H2,(H,22,24);2*1H. The number of nitrogens with two attached hydrogens (primary N) is 1. The van der Waals surface area contributed by atoms with E-state index in [4.69, 9.17) is 10.5 Å². The molecule has 0 bridgehead atoms. The Morgan fingerprint density at radius 3 is 2.37 bits per heavy atom. The minimum Gasteiger partial charge on any atom is -0.381 e. The minimum absolute atomic E-state index is 0. The first-order chi connectivity index (χ1) is 12.2. The second-order valence-electron chi connectivity index (χ2n) is 7.31. The number of hydrogen-bond donors (Lipinski definition) is 2. The van der Waals surface area contributed by atoms with E-state index in [1.54, 1.807) is 0 Å². The first-order valence-electron chi connectivity index (χ1n) is 9.68. The lowest BCUT2D eigenvalue weighted by molar-refractivity contribution is -0.119. The molecular weight excluding hydrogens is 385 g/mol. The van der Waals surface area contributed by atoms with Crippen molar-refractivity contribution >= 4 is 36.4 Å². The summed E-state index contributed by atoms with van der Waals surface area (Å²) in [6.45, 7) is 5.01. The summed E-state index contributed by atoms with van der Waals surface area (Å²) in [6, 6.07) is 7.74. The normalized spacial score (nSPS) is 19.4. The Hall–Kier alpha value is -0.850. The highest BCUT2D eigenvalue weighted by Gasteiger charge is 2.26. The van der Waals surface area contributed by atoms with E-state index in [9.17, 15) is 4.79 Å². The molecule has 5 nitrogen and oxygen atoms in total. The number of amides is 1. The summed E-state index contributed by atoms with van der Waals surface area (Å²) in [7, 11) is 0. The van der Waals surface area contributed by atoms with E-state index in [1.165, 1.54) is 37.9 Å². The first-order valence-corrected chi connectivity index (χ1v) is 9.68. The van der Waals surface area contributed by atoms with Crippen LogP contribution in [0, 0.1) is 5.92 Å². The van der Waals surface area contributed by atoms with Crippen molar-refractivity contribution in [3.05, 3.63) is 29.8 Å². The molecule has 7 heteroatoms. The van der Waals surface area contributed by atoms with Crippen LogP contribution in [0.5, 0.6) is 0 Å². The van der Waals surface area contributed by atoms with E-state index >= 15 is 0 Å². The van der Waals surface area contributed by atoms with Gasteiger partial charge in [0, 0.05) is 25.4 Å². The predicted octanol–water partition coefficient (Wildman–Crippen LogP) is 3.25. The molecular formula is C20H33Cl2N3O2. The molecule has 2 heterocycles. The highest BCUT2D eigenvalue weighted by Crippen LogP contribution is 2.19. The minimum atomic E-state index is -0.456. The van der Waals surface area contributed by atoms with Crippen LogP contribution in [0.2, 0.25) is 0 Å². The van der Waals surface area contributed by atoms with E-state index in [2.05, 4.69) is 22.3 Å². The predicted molar refractivity (Wildman–Crippen MR) is 115 cm³/mol. The van der Waals surface area contributed by atoms with Crippen LogP contribution in [0.15, 0.2) is 24.3 Å². The van der Waals surface area contributed by atoms with Gasteiger partial charge in [-0.1, -0.05) is 18.6 Å². The Morgan fingerprint density at radius 1 is 1.11 bits per heavy atom. The fourth-order valence-electron chi connectivity index (χ4n) is 3.74. The molecule has 0 saturated carbocycles. The lowest BCUT2D eigenvalue weighted by Gasteiger charge is -2.27. The summed E-state index contributed by atoms with van der Waals surface area (Å²) >= 11 is 0. The van der Waals surface area contributed by atoms with Crippen LogP contribution >= 0.6 is 24.8 Å². The molecule has 1 atom stereocenters. The fourth-order valence-corrected chi connectivity index (χ4v) is 3.74. The fraction of sp³-hybridized carbons (Fsp3) is 0.650. The maximum Gasteiger partial charge on any atom is 0.241 e. The van der Waals surface area contributed by atoms with Gasteiger partial charge in [0.05, 0.1) is 6.04 Å². The highest BCUT2D eigenvalue weighted by molar-refractivity contribution is 5.94. The van der Waals surface area contributed by atoms with E-state index in [-0.39, 0.29) is 36.6 Å². The zero-order valence-corrected chi connectivity index (χ0v) is 17.5. The molecule has 1 amide bonds. The van der Waals surface area contributed by atoms with Gasteiger partial charge in [-0.05, 0) is 68.8 Å².